The Hall–Kier alpha value is -1.75. The molecule has 2 aromatic carbocycles. The summed E-state index contributed by atoms with van der Waals surface area (Å²) in [7, 11) is 1.69. The molecule has 0 amide bonds. The minimum Gasteiger partial charge on any atom is -0.493 e. The molecule has 0 N–H and O–H groups in total. The van der Waals surface area contributed by atoms with Crippen LogP contribution in [0.5, 0.6) is 11.5 Å². The average molecular weight is 375 g/mol. The zero-order valence-electron chi connectivity index (χ0n) is 15.6. The van der Waals surface area contributed by atoms with E-state index in [-0.39, 0.29) is 0 Å². The zero-order chi connectivity index (χ0) is 18.4. The highest BCUT2D eigenvalue weighted by molar-refractivity contribution is 6.30. The number of rotatable bonds is 7. The van der Waals surface area contributed by atoms with Crippen LogP contribution in [0.4, 0.5) is 0 Å². The van der Waals surface area contributed by atoms with Crippen molar-refractivity contribution in [2.75, 3.05) is 39.8 Å². The van der Waals surface area contributed by atoms with E-state index in [1.165, 1.54) is 5.56 Å². The van der Waals surface area contributed by atoms with Gasteiger partial charge in [0.15, 0.2) is 11.5 Å². The summed E-state index contributed by atoms with van der Waals surface area (Å²) in [6.07, 6.45) is 0. The van der Waals surface area contributed by atoms with E-state index in [9.17, 15) is 0 Å². The van der Waals surface area contributed by atoms with E-state index in [4.69, 9.17) is 21.1 Å². The maximum Gasteiger partial charge on any atom is 0.161 e. The van der Waals surface area contributed by atoms with Crippen LogP contribution in [0.1, 0.15) is 18.1 Å². The van der Waals surface area contributed by atoms with Crippen molar-refractivity contribution in [1.29, 1.82) is 0 Å². The summed E-state index contributed by atoms with van der Waals surface area (Å²) >= 11 is 5.92. The van der Waals surface area contributed by atoms with Gasteiger partial charge in [-0.15, -0.1) is 0 Å². The maximum absolute atomic E-state index is 5.94. The van der Waals surface area contributed by atoms with Crippen LogP contribution in [0.2, 0.25) is 5.02 Å². The summed E-state index contributed by atoms with van der Waals surface area (Å²) < 4.78 is 11.5. The van der Waals surface area contributed by atoms with Gasteiger partial charge in [0.1, 0.15) is 6.61 Å². The molecular weight excluding hydrogens is 348 g/mol. The van der Waals surface area contributed by atoms with E-state index in [1.807, 2.05) is 30.3 Å². The van der Waals surface area contributed by atoms with Gasteiger partial charge in [-0.05, 0) is 41.9 Å². The molecule has 140 valence electrons. The molecule has 0 unspecified atom stereocenters. The molecule has 1 heterocycles. The molecule has 0 aliphatic carbocycles. The molecule has 2 aromatic rings. The predicted octanol–water partition coefficient (Wildman–Crippen LogP) is 4.07. The van der Waals surface area contributed by atoms with Gasteiger partial charge in [-0.25, -0.2) is 0 Å². The second-order valence-electron chi connectivity index (χ2n) is 6.61. The second-order valence-corrected chi connectivity index (χ2v) is 7.05. The Morgan fingerprint density at radius 3 is 2.19 bits per heavy atom. The fourth-order valence-electron chi connectivity index (χ4n) is 3.19. The fourth-order valence-corrected chi connectivity index (χ4v) is 3.32. The monoisotopic (exact) mass is 374 g/mol. The van der Waals surface area contributed by atoms with Crippen LogP contribution in [-0.2, 0) is 13.2 Å². The second kappa shape index (κ2) is 9.26. The number of benzene rings is 2. The minimum absolute atomic E-state index is 0.492. The van der Waals surface area contributed by atoms with E-state index in [0.717, 1.165) is 61.4 Å². The molecule has 3 rings (SSSR count). The molecule has 1 fully saturated rings. The standard InChI is InChI=1S/C21H27ClN2O2/c1-3-23-10-12-24(13-11-23)15-18-6-9-20(21(14-18)25-2)26-16-17-4-7-19(22)8-5-17/h4-9,14H,3,10-13,15-16H2,1-2H3. The third-order valence-electron chi connectivity index (χ3n) is 4.85. The first-order valence-electron chi connectivity index (χ1n) is 9.17. The normalized spacial score (nSPS) is 15.8. The van der Waals surface area contributed by atoms with Gasteiger partial charge in [0.25, 0.3) is 0 Å². The predicted molar refractivity (Wildman–Crippen MR) is 106 cm³/mol. The smallest absolute Gasteiger partial charge is 0.161 e. The van der Waals surface area contributed by atoms with Crippen molar-refractivity contribution in [2.24, 2.45) is 0 Å². The SMILES string of the molecule is CCN1CCN(Cc2ccc(OCc3ccc(Cl)cc3)c(OC)c2)CC1. The first-order chi connectivity index (χ1) is 12.7. The number of ether oxygens (including phenoxy) is 2. The summed E-state index contributed by atoms with van der Waals surface area (Å²) in [5.74, 6) is 1.55. The van der Waals surface area contributed by atoms with Gasteiger partial charge in [-0.1, -0.05) is 36.7 Å². The van der Waals surface area contributed by atoms with Crippen LogP contribution in [0.3, 0.4) is 0 Å². The van der Waals surface area contributed by atoms with E-state index < -0.39 is 0 Å². The molecule has 1 aliphatic rings. The van der Waals surface area contributed by atoms with Crippen LogP contribution in [-0.4, -0.2) is 49.6 Å². The molecule has 26 heavy (non-hydrogen) atoms. The van der Waals surface area contributed by atoms with Crippen LogP contribution in [0, 0.1) is 0 Å². The maximum atomic E-state index is 5.94. The molecule has 0 saturated carbocycles. The first-order valence-corrected chi connectivity index (χ1v) is 9.54. The van der Waals surface area contributed by atoms with Gasteiger partial charge >= 0.3 is 0 Å². The van der Waals surface area contributed by atoms with Crippen molar-refractivity contribution in [3.63, 3.8) is 0 Å². The number of hydrogen-bond donors (Lipinski definition) is 0. The lowest BCUT2D eigenvalue weighted by molar-refractivity contribution is 0.132. The summed E-state index contributed by atoms with van der Waals surface area (Å²) in [5.41, 5.74) is 2.33. The Morgan fingerprint density at radius 1 is 0.885 bits per heavy atom. The number of methoxy groups -OCH3 is 1. The highest BCUT2D eigenvalue weighted by atomic mass is 35.5. The largest absolute Gasteiger partial charge is 0.493 e. The first kappa shape index (κ1) is 19.0. The molecule has 0 radical (unpaired) electrons. The molecule has 0 aromatic heterocycles. The van der Waals surface area contributed by atoms with Gasteiger partial charge in [-0.3, -0.25) is 4.90 Å². The number of nitrogens with zero attached hydrogens (tertiary/aromatic N) is 2. The van der Waals surface area contributed by atoms with E-state index in [1.54, 1.807) is 7.11 Å². The van der Waals surface area contributed by atoms with E-state index >= 15 is 0 Å². The van der Waals surface area contributed by atoms with Crippen molar-refractivity contribution < 1.29 is 9.47 Å². The molecule has 0 spiro atoms. The number of hydrogen-bond acceptors (Lipinski definition) is 4. The fraction of sp³-hybridized carbons (Fsp3) is 0.429. The van der Waals surface area contributed by atoms with E-state index in [0.29, 0.717) is 6.61 Å². The van der Waals surface area contributed by atoms with Crippen molar-refractivity contribution in [3.8, 4) is 11.5 Å². The van der Waals surface area contributed by atoms with Crippen LogP contribution < -0.4 is 9.47 Å². The Bertz CT molecular complexity index is 698. The van der Waals surface area contributed by atoms with Crippen molar-refractivity contribution in [3.05, 3.63) is 58.6 Å². The summed E-state index contributed by atoms with van der Waals surface area (Å²) in [6.45, 7) is 9.34. The summed E-state index contributed by atoms with van der Waals surface area (Å²) in [5, 5.41) is 0.732. The molecule has 5 heteroatoms. The Morgan fingerprint density at radius 2 is 1.54 bits per heavy atom. The molecular formula is C21H27ClN2O2. The van der Waals surface area contributed by atoms with Gasteiger partial charge in [0.2, 0.25) is 0 Å². The van der Waals surface area contributed by atoms with Gasteiger partial charge in [0, 0.05) is 37.7 Å². The van der Waals surface area contributed by atoms with Gasteiger partial charge in [0.05, 0.1) is 7.11 Å². The zero-order valence-corrected chi connectivity index (χ0v) is 16.3. The highest BCUT2D eigenvalue weighted by Crippen LogP contribution is 2.29. The molecule has 1 saturated heterocycles. The molecule has 4 nitrogen and oxygen atoms in total. The molecule has 0 bridgehead atoms. The number of piperazine rings is 1. The van der Waals surface area contributed by atoms with Crippen LogP contribution in [0.15, 0.2) is 42.5 Å². The van der Waals surface area contributed by atoms with Crippen LogP contribution >= 0.6 is 11.6 Å². The lowest BCUT2D eigenvalue weighted by atomic mass is 10.1. The van der Waals surface area contributed by atoms with Crippen molar-refractivity contribution >= 4 is 11.6 Å². The molecule has 1 aliphatic heterocycles. The van der Waals surface area contributed by atoms with Crippen LogP contribution in [0.25, 0.3) is 0 Å². The van der Waals surface area contributed by atoms with E-state index in [2.05, 4.69) is 28.9 Å². The minimum atomic E-state index is 0.492. The van der Waals surface area contributed by atoms with Gasteiger partial charge < -0.3 is 14.4 Å². The summed E-state index contributed by atoms with van der Waals surface area (Å²) in [4.78, 5) is 4.99. The topological polar surface area (TPSA) is 24.9 Å². The quantitative estimate of drug-likeness (QED) is 0.729. The average Bonchev–Trinajstić information content (AvgIpc) is 2.68. The Labute approximate surface area is 161 Å². The van der Waals surface area contributed by atoms with Crippen molar-refractivity contribution in [1.82, 2.24) is 9.80 Å². The number of likely N-dealkylation sites (N-methyl/N-ethyl adjacent to an activating group) is 1. The molecule has 0 atom stereocenters. The lowest BCUT2D eigenvalue weighted by Crippen LogP contribution is -2.45. The van der Waals surface area contributed by atoms with Crippen molar-refractivity contribution in [2.45, 2.75) is 20.1 Å². The highest BCUT2D eigenvalue weighted by Gasteiger charge is 2.16. The van der Waals surface area contributed by atoms with Gasteiger partial charge in [-0.2, -0.15) is 0 Å². The third-order valence-corrected chi connectivity index (χ3v) is 5.11. The lowest BCUT2D eigenvalue weighted by Gasteiger charge is -2.34. The summed E-state index contributed by atoms with van der Waals surface area (Å²) in [6, 6.07) is 13.9. The Balaban J connectivity index is 1.59. The Kier molecular flexibility index (Phi) is 6.78. The number of halogens is 1. The third kappa shape index (κ3) is 5.13.